The van der Waals surface area contributed by atoms with Gasteiger partial charge in [0.05, 0.1) is 18.1 Å². The number of hydrogen-bond acceptors (Lipinski definition) is 6. The van der Waals surface area contributed by atoms with E-state index in [-0.39, 0.29) is 29.3 Å². The van der Waals surface area contributed by atoms with Crippen LogP contribution in [-0.2, 0) is 6.61 Å². The van der Waals surface area contributed by atoms with E-state index >= 15 is 0 Å². The molecule has 0 bridgehead atoms. The molecule has 0 unspecified atom stereocenters. The first-order chi connectivity index (χ1) is 14.0. The number of nitro groups is 1. The maximum absolute atomic E-state index is 12.6. The van der Waals surface area contributed by atoms with Crippen LogP contribution in [0.4, 0.5) is 11.4 Å². The average Bonchev–Trinajstić information content (AvgIpc) is 2.73. The van der Waals surface area contributed by atoms with Gasteiger partial charge in [-0.1, -0.05) is 30.3 Å². The second kappa shape index (κ2) is 8.70. The van der Waals surface area contributed by atoms with Crippen molar-refractivity contribution in [1.82, 2.24) is 4.73 Å². The fraction of sp³-hybridized carbons (Fsp3) is 0.100. The molecule has 1 heterocycles. The number of nitro benzene ring substituents is 1. The van der Waals surface area contributed by atoms with Gasteiger partial charge in [-0.25, -0.2) is 0 Å². The maximum Gasteiger partial charge on any atom is 0.296 e. The highest BCUT2D eigenvalue weighted by molar-refractivity contribution is 6.05. The zero-order valence-corrected chi connectivity index (χ0v) is 15.4. The molecule has 3 rings (SSSR count). The minimum absolute atomic E-state index is 0.0548. The molecule has 29 heavy (non-hydrogen) atoms. The molecule has 1 N–H and O–H groups in total. The molecule has 1 aromatic heterocycles. The van der Waals surface area contributed by atoms with Crippen molar-refractivity contribution in [3.63, 3.8) is 0 Å². The Kier molecular flexibility index (Phi) is 5.88. The maximum atomic E-state index is 12.6. The second-order valence-corrected chi connectivity index (χ2v) is 5.91. The van der Waals surface area contributed by atoms with Crippen molar-refractivity contribution in [2.75, 3.05) is 12.4 Å². The van der Waals surface area contributed by atoms with Gasteiger partial charge in [0.15, 0.2) is 0 Å². The van der Waals surface area contributed by atoms with Gasteiger partial charge in [-0.2, -0.15) is 4.73 Å². The van der Waals surface area contributed by atoms with Gasteiger partial charge in [-0.15, -0.1) is 0 Å². The molecule has 0 aliphatic carbocycles. The number of carbonyl (C=O) groups is 1. The number of benzene rings is 2. The lowest BCUT2D eigenvalue weighted by molar-refractivity contribution is -0.384. The van der Waals surface area contributed by atoms with Gasteiger partial charge in [0, 0.05) is 6.20 Å². The van der Waals surface area contributed by atoms with E-state index in [9.17, 15) is 19.7 Å². The van der Waals surface area contributed by atoms with Gasteiger partial charge >= 0.3 is 0 Å². The van der Waals surface area contributed by atoms with Gasteiger partial charge in [0.2, 0.25) is 0 Å². The normalized spacial score (nSPS) is 10.2. The van der Waals surface area contributed by atoms with E-state index in [0.29, 0.717) is 0 Å². The fourth-order valence-electron chi connectivity index (χ4n) is 2.55. The number of amides is 1. The smallest absolute Gasteiger partial charge is 0.296 e. The van der Waals surface area contributed by atoms with Crippen LogP contribution in [0.5, 0.6) is 5.75 Å². The molecule has 0 fully saturated rings. The highest BCUT2D eigenvalue weighted by Gasteiger charge is 2.20. The third-order valence-electron chi connectivity index (χ3n) is 4.02. The summed E-state index contributed by atoms with van der Waals surface area (Å²) in [5.41, 5.74) is -0.457. The third kappa shape index (κ3) is 4.59. The fourth-order valence-corrected chi connectivity index (χ4v) is 2.55. The SMILES string of the molecule is COc1ccc(NC(=O)c2cccn(OCc3ccccc3)c2=O)c([N+](=O)[O-])c1. The van der Waals surface area contributed by atoms with E-state index in [2.05, 4.69) is 5.32 Å². The standard InChI is InChI=1S/C20H17N3O6/c1-28-15-9-10-17(18(12-15)23(26)27)21-19(24)16-8-5-11-22(20(16)25)29-13-14-6-3-2-4-7-14/h2-12H,13H2,1H3,(H,21,24). The second-order valence-electron chi connectivity index (χ2n) is 5.91. The van der Waals surface area contributed by atoms with E-state index in [4.69, 9.17) is 9.57 Å². The number of aromatic nitrogens is 1. The Hall–Kier alpha value is -4.14. The molecule has 0 radical (unpaired) electrons. The summed E-state index contributed by atoms with van der Waals surface area (Å²) in [5.74, 6) is -0.521. The van der Waals surface area contributed by atoms with Crippen LogP contribution >= 0.6 is 0 Å². The third-order valence-corrected chi connectivity index (χ3v) is 4.02. The van der Waals surface area contributed by atoms with Crippen LogP contribution < -0.4 is 20.5 Å². The summed E-state index contributed by atoms with van der Waals surface area (Å²) < 4.78 is 5.91. The van der Waals surface area contributed by atoms with Crippen molar-refractivity contribution in [3.05, 3.63) is 98.5 Å². The summed E-state index contributed by atoms with van der Waals surface area (Å²) in [6.07, 6.45) is 1.39. The predicted octanol–water partition coefficient (Wildman–Crippen LogP) is 2.65. The zero-order chi connectivity index (χ0) is 20.8. The van der Waals surface area contributed by atoms with E-state index in [1.807, 2.05) is 30.3 Å². The van der Waals surface area contributed by atoms with E-state index in [0.717, 1.165) is 10.3 Å². The quantitative estimate of drug-likeness (QED) is 0.486. The van der Waals surface area contributed by atoms with Gasteiger partial charge in [0.25, 0.3) is 17.2 Å². The monoisotopic (exact) mass is 395 g/mol. The van der Waals surface area contributed by atoms with Crippen molar-refractivity contribution in [1.29, 1.82) is 0 Å². The summed E-state index contributed by atoms with van der Waals surface area (Å²) in [5, 5.41) is 13.7. The molecule has 0 atom stereocenters. The summed E-state index contributed by atoms with van der Waals surface area (Å²) in [4.78, 5) is 41.2. The molecule has 2 aromatic carbocycles. The van der Waals surface area contributed by atoms with E-state index in [1.54, 1.807) is 0 Å². The van der Waals surface area contributed by atoms with Crippen molar-refractivity contribution >= 4 is 17.3 Å². The Balaban J connectivity index is 1.81. The van der Waals surface area contributed by atoms with E-state index in [1.165, 1.54) is 43.6 Å². The molecular formula is C20H17N3O6. The number of hydrogen-bond donors (Lipinski definition) is 1. The molecule has 0 aliphatic heterocycles. The van der Waals surface area contributed by atoms with Crippen LogP contribution in [0.1, 0.15) is 15.9 Å². The van der Waals surface area contributed by atoms with Crippen LogP contribution in [0, 0.1) is 10.1 Å². The molecule has 0 saturated heterocycles. The number of anilines is 1. The minimum atomic E-state index is -0.791. The van der Waals surface area contributed by atoms with Crippen LogP contribution in [0.15, 0.2) is 71.7 Å². The van der Waals surface area contributed by atoms with Crippen molar-refractivity contribution < 1.29 is 19.3 Å². The minimum Gasteiger partial charge on any atom is -0.496 e. The molecule has 0 saturated carbocycles. The molecule has 0 aliphatic rings. The van der Waals surface area contributed by atoms with Crippen molar-refractivity contribution in [3.8, 4) is 5.75 Å². The Bertz CT molecular complexity index is 1090. The van der Waals surface area contributed by atoms with Crippen LogP contribution in [-0.4, -0.2) is 22.7 Å². The lowest BCUT2D eigenvalue weighted by Crippen LogP contribution is -2.32. The number of nitrogens with one attached hydrogen (secondary N) is 1. The number of nitrogens with zero attached hydrogens (tertiary/aromatic N) is 2. The van der Waals surface area contributed by atoms with Crippen molar-refractivity contribution in [2.24, 2.45) is 0 Å². The van der Waals surface area contributed by atoms with Crippen LogP contribution in [0.3, 0.4) is 0 Å². The van der Waals surface area contributed by atoms with Crippen LogP contribution in [0.2, 0.25) is 0 Å². The van der Waals surface area contributed by atoms with Crippen LogP contribution in [0.25, 0.3) is 0 Å². The van der Waals surface area contributed by atoms with Gasteiger partial charge in [-0.3, -0.25) is 19.7 Å². The lowest BCUT2D eigenvalue weighted by atomic mass is 10.2. The molecule has 148 valence electrons. The number of methoxy groups -OCH3 is 1. The number of carbonyl (C=O) groups excluding carboxylic acids is 1. The molecular weight excluding hydrogens is 378 g/mol. The molecule has 3 aromatic rings. The Morgan fingerprint density at radius 1 is 1.14 bits per heavy atom. The first kappa shape index (κ1) is 19.6. The zero-order valence-electron chi connectivity index (χ0n) is 15.4. The molecule has 9 nitrogen and oxygen atoms in total. The van der Waals surface area contributed by atoms with Gasteiger partial charge in [0.1, 0.15) is 23.6 Å². The predicted molar refractivity (Wildman–Crippen MR) is 105 cm³/mol. The van der Waals surface area contributed by atoms with Gasteiger partial charge in [-0.05, 0) is 29.8 Å². The summed E-state index contributed by atoms with van der Waals surface area (Å²) in [6.45, 7) is 0.135. The Morgan fingerprint density at radius 2 is 1.90 bits per heavy atom. The number of ether oxygens (including phenoxy) is 1. The highest BCUT2D eigenvalue weighted by atomic mass is 16.7. The Labute approximate surface area is 165 Å². The average molecular weight is 395 g/mol. The topological polar surface area (TPSA) is 113 Å². The molecule has 1 amide bonds. The summed E-state index contributed by atoms with van der Waals surface area (Å²) in [7, 11) is 1.37. The Morgan fingerprint density at radius 3 is 2.59 bits per heavy atom. The number of rotatable bonds is 7. The lowest BCUT2D eigenvalue weighted by Gasteiger charge is -2.10. The molecule has 9 heteroatoms. The van der Waals surface area contributed by atoms with Crippen molar-refractivity contribution in [2.45, 2.75) is 6.61 Å². The van der Waals surface area contributed by atoms with E-state index < -0.39 is 16.4 Å². The first-order valence-electron chi connectivity index (χ1n) is 8.52. The highest BCUT2D eigenvalue weighted by Crippen LogP contribution is 2.29. The summed E-state index contributed by atoms with van der Waals surface area (Å²) in [6, 6.07) is 16.0. The first-order valence-corrected chi connectivity index (χ1v) is 8.52. The van der Waals surface area contributed by atoms with Gasteiger partial charge < -0.3 is 14.9 Å². The number of pyridine rings is 1. The molecule has 0 spiro atoms. The largest absolute Gasteiger partial charge is 0.496 e. The summed E-state index contributed by atoms with van der Waals surface area (Å²) >= 11 is 0.